The highest BCUT2D eigenvalue weighted by molar-refractivity contribution is 7.13. The van der Waals surface area contributed by atoms with Crippen LogP contribution in [0.1, 0.15) is 44.9 Å². The lowest BCUT2D eigenvalue weighted by molar-refractivity contribution is -0.142. The first kappa shape index (κ1) is 24.9. The number of thiazole rings is 1. The van der Waals surface area contributed by atoms with Gasteiger partial charge in [0.15, 0.2) is 0 Å². The van der Waals surface area contributed by atoms with Crippen molar-refractivity contribution in [2.75, 3.05) is 27.2 Å². The molecule has 0 aliphatic carbocycles. The van der Waals surface area contributed by atoms with Crippen LogP contribution in [0.2, 0.25) is 0 Å². The number of amides is 2. The Bertz CT molecular complexity index is 1020. The lowest BCUT2D eigenvalue weighted by Gasteiger charge is -2.28. The second kappa shape index (κ2) is 11.4. The number of nitrogens with one attached hydrogen (secondary N) is 1. The van der Waals surface area contributed by atoms with Crippen LogP contribution in [0.4, 0.5) is 0 Å². The molecule has 1 aliphatic heterocycles. The van der Waals surface area contributed by atoms with Gasteiger partial charge in [-0.3, -0.25) is 14.5 Å². The van der Waals surface area contributed by atoms with E-state index in [9.17, 15) is 9.59 Å². The van der Waals surface area contributed by atoms with Crippen molar-refractivity contribution in [3.63, 3.8) is 0 Å². The summed E-state index contributed by atoms with van der Waals surface area (Å²) in [6, 6.07) is 7.76. The van der Waals surface area contributed by atoms with E-state index < -0.39 is 0 Å². The molecule has 7 heteroatoms. The predicted octanol–water partition coefficient (Wildman–Crippen LogP) is 3.62. The van der Waals surface area contributed by atoms with Gasteiger partial charge < -0.3 is 10.2 Å². The van der Waals surface area contributed by atoms with Crippen LogP contribution in [0.3, 0.4) is 0 Å². The van der Waals surface area contributed by atoms with E-state index in [1.54, 1.807) is 16.2 Å². The summed E-state index contributed by atoms with van der Waals surface area (Å²) in [7, 11) is 3.98. The molecule has 3 rings (SSSR count). The van der Waals surface area contributed by atoms with Crippen LogP contribution in [0.15, 0.2) is 29.8 Å². The normalized spacial score (nSPS) is 16.6. The molecule has 2 unspecified atom stereocenters. The van der Waals surface area contributed by atoms with Crippen LogP contribution < -0.4 is 5.32 Å². The van der Waals surface area contributed by atoms with Crippen molar-refractivity contribution in [1.29, 1.82) is 0 Å². The zero-order valence-corrected chi connectivity index (χ0v) is 21.0. The Morgan fingerprint density at radius 3 is 2.64 bits per heavy atom. The van der Waals surface area contributed by atoms with Crippen LogP contribution in [0, 0.1) is 23.7 Å². The van der Waals surface area contributed by atoms with Crippen LogP contribution in [0.25, 0.3) is 10.4 Å². The van der Waals surface area contributed by atoms with E-state index in [2.05, 4.69) is 22.1 Å². The van der Waals surface area contributed by atoms with Crippen LogP contribution in [0.5, 0.6) is 0 Å². The van der Waals surface area contributed by atoms with Crippen molar-refractivity contribution >= 4 is 23.2 Å². The summed E-state index contributed by atoms with van der Waals surface area (Å²) in [6.45, 7) is 7.83. The minimum absolute atomic E-state index is 0.0678. The maximum atomic E-state index is 12.8. The summed E-state index contributed by atoms with van der Waals surface area (Å²) in [6.07, 6.45) is 1.60. The van der Waals surface area contributed by atoms with E-state index in [1.165, 1.54) is 0 Å². The van der Waals surface area contributed by atoms with Gasteiger partial charge >= 0.3 is 0 Å². The smallest absolute Gasteiger partial charge is 0.243 e. The third-order valence-electron chi connectivity index (χ3n) is 6.08. The standard InChI is InChI=1S/C26H34N4O2S/c1-18(2)19(3)26(32)30-15-7-9-23(30)25(31)27-16-20-10-12-21(13-11-20)24-22(28-17-33-24)8-6-14-29(4)5/h10-13,17-19,23H,7,9,14-16H2,1-5H3,(H,27,31). The number of carbonyl (C=O) groups is 2. The molecule has 33 heavy (non-hydrogen) atoms. The maximum absolute atomic E-state index is 12.8. The summed E-state index contributed by atoms with van der Waals surface area (Å²) in [5, 5.41) is 3.03. The lowest BCUT2D eigenvalue weighted by atomic mass is 9.96. The zero-order valence-electron chi connectivity index (χ0n) is 20.2. The molecule has 2 atom stereocenters. The molecule has 6 nitrogen and oxygen atoms in total. The van der Waals surface area contributed by atoms with Gasteiger partial charge in [-0.1, -0.05) is 51.0 Å². The van der Waals surface area contributed by atoms with Crippen molar-refractivity contribution in [3.8, 4) is 22.3 Å². The Morgan fingerprint density at radius 1 is 1.24 bits per heavy atom. The fourth-order valence-electron chi connectivity index (χ4n) is 3.75. The molecule has 1 fully saturated rings. The molecule has 1 N–H and O–H groups in total. The highest BCUT2D eigenvalue weighted by Gasteiger charge is 2.36. The Morgan fingerprint density at radius 2 is 1.97 bits per heavy atom. The first-order valence-electron chi connectivity index (χ1n) is 11.5. The van der Waals surface area contributed by atoms with Crippen molar-refractivity contribution in [3.05, 3.63) is 41.0 Å². The average Bonchev–Trinajstić information content (AvgIpc) is 3.46. The first-order valence-corrected chi connectivity index (χ1v) is 12.4. The molecule has 0 radical (unpaired) electrons. The number of hydrogen-bond donors (Lipinski definition) is 1. The van der Waals surface area contributed by atoms with Gasteiger partial charge in [0.2, 0.25) is 11.8 Å². The fourth-order valence-corrected chi connectivity index (χ4v) is 4.50. The molecular weight excluding hydrogens is 432 g/mol. The summed E-state index contributed by atoms with van der Waals surface area (Å²) in [5.41, 5.74) is 4.70. The van der Waals surface area contributed by atoms with Gasteiger partial charge in [0.05, 0.1) is 16.9 Å². The summed E-state index contributed by atoms with van der Waals surface area (Å²) in [4.78, 5) is 34.9. The van der Waals surface area contributed by atoms with Gasteiger partial charge in [0, 0.05) is 19.0 Å². The second-order valence-electron chi connectivity index (χ2n) is 9.21. The predicted molar refractivity (Wildman–Crippen MR) is 134 cm³/mol. The molecular formula is C26H34N4O2S. The van der Waals surface area contributed by atoms with E-state index in [1.807, 2.05) is 69.5 Å². The minimum Gasteiger partial charge on any atom is -0.350 e. The second-order valence-corrected chi connectivity index (χ2v) is 10.1. The van der Waals surface area contributed by atoms with Crippen molar-refractivity contribution in [2.24, 2.45) is 11.8 Å². The highest BCUT2D eigenvalue weighted by Crippen LogP contribution is 2.27. The van der Waals surface area contributed by atoms with Gasteiger partial charge in [-0.2, -0.15) is 0 Å². The molecule has 0 saturated carbocycles. The monoisotopic (exact) mass is 466 g/mol. The number of carbonyl (C=O) groups excluding carboxylic acids is 2. The van der Waals surface area contributed by atoms with Crippen molar-refractivity contribution in [1.82, 2.24) is 20.1 Å². The molecule has 2 amide bonds. The average molecular weight is 467 g/mol. The quantitative estimate of drug-likeness (QED) is 0.633. The third-order valence-corrected chi connectivity index (χ3v) is 6.96. The lowest BCUT2D eigenvalue weighted by Crippen LogP contribution is -2.48. The summed E-state index contributed by atoms with van der Waals surface area (Å²) < 4.78 is 0. The highest BCUT2D eigenvalue weighted by atomic mass is 32.1. The SMILES string of the molecule is CC(C)C(C)C(=O)N1CCCC1C(=O)NCc1ccc(-c2scnc2C#CCN(C)C)cc1. The van der Waals surface area contributed by atoms with Crippen molar-refractivity contribution in [2.45, 2.75) is 46.2 Å². The van der Waals surface area contributed by atoms with Gasteiger partial charge in [0.1, 0.15) is 11.7 Å². The largest absolute Gasteiger partial charge is 0.350 e. The number of benzene rings is 1. The Kier molecular flexibility index (Phi) is 8.65. The van der Waals surface area contributed by atoms with E-state index in [-0.39, 0.29) is 29.7 Å². The molecule has 2 heterocycles. The molecule has 1 aromatic heterocycles. The third kappa shape index (κ3) is 6.43. The minimum atomic E-state index is -0.363. The Hall–Kier alpha value is -2.69. The van der Waals surface area contributed by atoms with E-state index >= 15 is 0 Å². The number of aromatic nitrogens is 1. The molecule has 2 aromatic rings. The van der Waals surface area contributed by atoms with Crippen molar-refractivity contribution < 1.29 is 9.59 Å². The summed E-state index contributed by atoms with van der Waals surface area (Å²) in [5.74, 6) is 6.50. The number of likely N-dealkylation sites (tertiary alicyclic amines) is 1. The zero-order chi connectivity index (χ0) is 24.0. The van der Waals surface area contributed by atoms with E-state index in [4.69, 9.17) is 0 Å². The van der Waals surface area contributed by atoms with Gasteiger partial charge in [-0.25, -0.2) is 4.98 Å². The van der Waals surface area contributed by atoms with Gasteiger partial charge in [-0.05, 0) is 49.9 Å². The van der Waals surface area contributed by atoms with Gasteiger partial charge in [0.25, 0.3) is 0 Å². The topological polar surface area (TPSA) is 65.5 Å². The molecule has 0 bridgehead atoms. The number of nitrogens with zero attached hydrogens (tertiary/aromatic N) is 3. The first-order chi connectivity index (χ1) is 15.8. The Balaban J connectivity index is 1.60. The Labute approximate surface area is 201 Å². The van der Waals surface area contributed by atoms with Crippen LogP contribution in [-0.2, 0) is 16.1 Å². The van der Waals surface area contributed by atoms with Crippen LogP contribution in [-0.4, -0.2) is 59.8 Å². The molecule has 1 aliphatic rings. The maximum Gasteiger partial charge on any atom is 0.243 e. The molecule has 0 spiro atoms. The van der Waals surface area contributed by atoms with Gasteiger partial charge in [-0.15, -0.1) is 11.3 Å². The number of hydrogen-bond acceptors (Lipinski definition) is 5. The van der Waals surface area contributed by atoms with E-state index in [0.717, 1.165) is 34.5 Å². The van der Waals surface area contributed by atoms with Crippen LogP contribution >= 0.6 is 11.3 Å². The van der Waals surface area contributed by atoms with E-state index in [0.29, 0.717) is 19.6 Å². The molecule has 1 aromatic carbocycles. The fraction of sp³-hybridized carbons (Fsp3) is 0.500. The summed E-state index contributed by atoms with van der Waals surface area (Å²) >= 11 is 1.58. The number of rotatable bonds is 7. The molecule has 176 valence electrons. The molecule has 1 saturated heterocycles.